The molecule has 0 saturated heterocycles. The molecule has 30 heavy (non-hydrogen) atoms. The maximum Gasteiger partial charge on any atom is 0.348 e. The van der Waals surface area contributed by atoms with Crippen LogP contribution in [0.4, 0.5) is 5.00 Å². The number of esters is 3. The van der Waals surface area contributed by atoms with Gasteiger partial charge in [-0.15, -0.1) is 11.3 Å². The zero-order valence-corrected chi connectivity index (χ0v) is 18.0. The normalized spacial score (nSPS) is 11.3. The Kier molecular flexibility index (Phi) is 8.11. The highest BCUT2D eigenvalue weighted by atomic mass is 32.1. The molecule has 0 saturated carbocycles. The van der Waals surface area contributed by atoms with Crippen LogP contribution < -0.4 is 5.32 Å². The molecule has 8 nitrogen and oxygen atoms in total. The van der Waals surface area contributed by atoms with Gasteiger partial charge in [0, 0.05) is 12.5 Å². The van der Waals surface area contributed by atoms with Crippen molar-refractivity contribution in [2.75, 3.05) is 18.5 Å². The number of carbonyl (C=O) groups is 4. The maximum absolute atomic E-state index is 12.9. The van der Waals surface area contributed by atoms with Gasteiger partial charge in [-0.1, -0.05) is 30.3 Å². The lowest BCUT2D eigenvalue weighted by Crippen LogP contribution is -2.25. The van der Waals surface area contributed by atoms with Gasteiger partial charge < -0.3 is 19.5 Å². The Morgan fingerprint density at radius 1 is 1.00 bits per heavy atom. The van der Waals surface area contributed by atoms with Crippen LogP contribution in [0.15, 0.2) is 30.3 Å². The van der Waals surface area contributed by atoms with E-state index in [1.54, 1.807) is 51.1 Å². The van der Waals surface area contributed by atoms with Gasteiger partial charge in [0.1, 0.15) is 9.88 Å². The molecular weight excluding hydrogens is 410 g/mol. The number of nitrogens with one attached hydrogen (secondary N) is 1. The Morgan fingerprint density at radius 2 is 1.60 bits per heavy atom. The molecule has 0 spiro atoms. The van der Waals surface area contributed by atoms with Gasteiger partial charge in [-0.3, -0.25) is 9.59 Å². The van der Waals surface area contributed by atoms with Crippen LogP contribution in [0.25, 0.3) is 0 Å². The van der Waals surface area contributed by atoms with E-state index in [4.69, 9.17) is 14.2 Å². The summed E-state index contributed by atoms with van der Waals surface area (Å²) in [6, 6.07) is 8.46. The summed E-state index contributed by atoms with van der Waals surface area (Å²) in [4.78, 5) is 49.4. The van der Waals surface area contributed by atoms with E-state index in [1.807, 2.05) is 0 Å². The Bertz CT molecular complexity index is 936. The molecule has 9 heteroatoms. The van der Waals surface area contributed by atoms with Gasteiger partial charge in [-0.2, -0.15) is 0 Å². The lowest BCUT2D eigenvalue weighted by atomic mass is 10.1. The van der Waals surface area contributed by atoms with Crippen molar-refractivity contribution in [1.82, 2.24) is 0 Å². The van der Waals surface area contributed by atoms with Gasteiger partial charge in [0.2, 0.25) is 6.10 Å². The third-order valence-corrected chi connectivity index (χ3v) is 5.14. The van der Waals surface area contributed by atoms with Crippen LogP contribution in [0.1, 0.15) is 58.0 Å². The van der Waals surface area contributed by atoms with Crippen LogP contribution >= 0.6 is 11.3 Å². The highest BCUT2D eigenvalue weighted by Gasteiger charge is 2.30. The first-order chi connectivity index (χ1) is 14.3. The molecule has 1 heterocycles. The molecule has 0 radical (unpaired) electrons. The average molecular weight is 433 g/mol. The molecule has 0 bridgehead atoms. The summed E-state index contributed by atoms with van der Waals surface area (Å²) < 4.78 is 15.3. The molecule has 1 N–H and O–H groups in total. The third-order valence-electron chi connectivity index (χ3n) is 3.95. The van der Waals surface area contributed by atoms with Gasteiger partial charge in [0.05, 0.1) is 18.8 Å². The first kappa shape index (κ1) is 23.1. The second kappa shape index (κ2) is 10.5. The molecule has 1 atom stereocenters. The van der Waals surface area contributed by atoms with E-state index >= 15 is 0 Å². The first-order valence-corrected chi connectivity index (χ1v) is 10.1. The Morgan fingerprint density at radius 3 is 2.17 bits per heavy atom. The number of thiophene rings is 1. The second-order valence-electron chi connectivity index (χ2n) is 6.09. The quantitative estimate of drug-likeness (QED) is 0.500. The van der Waals surface area contributed by atoms with Gasteiger partial charge >= 0.3 is 17.9 Å². The SMILES string of the molecule is CCOC(=O)c1sc(NC(=O)[C@@H](OC(C)=O)c2ccccc2)c(C(=O)OCC)c1C. The Labute approximate surface area is 178 Å². The van der Waals surface area contributed by atoms with Gasteiger partial charge in [-0.25, -0.2) is 9.59 Å². The number of amides is 1. The monoisotopic (exact) mass is 433 g/mol. The number of ether oxygens (including phenoxy) is 3. The van der Waals surface area contributed by atoms with Crippen LogP contribution in [0, 0.1) is 6.92 Å². The van der Waals surface area contributed by atoms with E-state index in [0.717, 1.165) is 11.3 Å². The minimum atomic E-state index is -1.23. The van der Waals surface area contributed by atoms with Crippen molar-refractivity contribution in [2.45, 2.75) is 33.8 Å². The van der Waals surface area contributed by atoms with Crippen molar-refractivity contribution in [3.05, 3.63) is 51.9 Å². The molecule has 2 aromatic rings. The van der Waals surface area contributed by atoms with Crippen molar-refractivity contribution < 1.29 is 33.4 Å². The van der Waals surface area contributed by atoms with Crippen molar-refractivity contribution in [3.63, 3.8) is 0 Å². The summed E-state index contributed by atoms with van der Waals surface area (Å²) in [5.74, 6) is -2.59. The molecule has 1 amide bonds. The molecule has 0 aliphatic carbocycles. The predicted molar refractivity (Wildman–Crippen MR) is 111 cm³/mol. The van der Waals surface area contributed by atoms with Gasteiger partial charge in [-0.05, 0) is 26.3 Å². The fourth-order valence-corrected chi connectivity index (χ4v) is 3.78. The number of hydrogen-bond acceptors (Lipinski definition) is 8. The summed E-state index contributed by atoms with van der Waals surface area (Å²) >= 11 is 0.900. The summed E-state index contributed by atoms with van der Waals surface area (Å²) in [5.41, 5.74) is 0.866. The minimum absolute atomic E-state index is 0.0629. The zero-order chi connectivity index (χ0) is 22.3. The highest BCUT2D eigenvalue weighted by Crippen LogP contribution is 2.35. The number of benzene rings is 1. The summed E-state index contributed by atoms with van der Waals surface area (Å²) in [5, 5.41) is 2.72. The van der Waals surface area contributed by atoms with Crippen molar-refractivity contribution in [3.8, 4) is 0 Å². The lowest BCUT2D eigenvalue weighted by molar-refractivity contribution is -0.152. The zero-order valence-electron chi connectivity index (χ0n) is 17.1. The molecule has 0 unspecified atom stereocenters. The molecule has 0 fully saturated rings. The molecule has 1 aromatic heterocycles. The van der Waals surface area contributed by atoms with E-state index in [1.165, 1.54) is 6.92 Å². The predicted octanol–water partition coefficient (Wildman–Crippen LogP) is 3.65. The van der Waals surface area contributed by atoms with Crippen LogP contribution in [0.5, 0.6) is 0 Å². The molecule has 160 valence electrons. The van der Waals surface area contributed by atoms with Gasteiger partial charge in [0.15, 0.2) is 0 Å². The van der Waals surface area contributed by atoms with Crippen LogP contribution in [-0.4, -0.2) is 37.0 Å². The van der Waals surface area contributed by atoms with Crippen LogP contribution in [-0.2, 0) is 23.8 Å². The molecule has 0 aliphatic rings. The molecule has 1 aromatic carbocycles. The Balaban J connectivity index is 2.44. The van der Waals surface area contributed by atoms with Gasteiger partial charge in [0.25, 0.3) is 5.91 Å². The average Bonchev–Trinajstić information content (AvgIpc) is 3.03. The number of carbonyl (C=O) groups excluding carboxylic acids is 4. The fourth-order valence-electron chi connectivity index (χ4n) is 2.69. The molecule has 2 rings (SSSR count). The van der Waals surface area contributed by atoms with E-state index in [2.05, 4.69) is 5.32 Å². The third kappa shape index (κ3) is 5.44. The number of hydrogen-bond donors (Lipinski definition) is 1. The number of anilines is 1. The Hall–Kier alpha value is -3.20. The fraction of sp³-hybridized carbons (Fsp3) is 0.333. The summed E-state index contributed by atoms with van der Waals surface area (Å²) in [7, 11) is 0. The first-order valence-electron chi connectivity index (χ1n) is 9.30. The summed E-state index contributed by atoms with van der Waals surface area (Å²) in [6.07, 6.45) is -1.23. The van der Waals surface area contributed by atoms with Crippen molar-refractivity contribution in [1.29, 1.82) is 0 Å². The minimum Gasteiger partial charge on any atom is -0.462 e. The van der Waals surface area contributed by atoms with E-state index in [9.17, 15) is 19.2 Å². The van der Waals surface area contributed by atoms with Crippen molar-refractivity contribution in [2.24, 2.45) is 0 Å². The van der Waals surface area contributed by atoms with Crippen LogP contribution in [0.3, 0.4) is 0 Å². The molecular formula is C21H23NO7S. The van der Waals surface area contributed by atoms with Crippen LogP contribution in [0.2, 0.25) is 0 Å². The van der Waals surface area contributed by atoms with E-state index < -0.39 is 29.9 Å². The largest absolute Gasteiger partial charge is 0.462 e. The lowest BCUT2D eigenvalue weighted by Gasteiger charge is -2.17. The topological polar surface area (TPSA) is 108 Å². The standard InChI is InChI=1S/C21H23NO7S/c1-5-27-20(25)15-12(3)17(21(26)28-6-2)30-19(15)22-18(24)16(29-13(4)23)14-10-8-7-9-11-14/h7-11,16H,5-6H2,1-4H3,(H,22,24)/t16-/m0/s1. The summed E-state index contributed by atoms with van der Waals surface area (Å²) in [6.45, 7) is 6.37. The van der Waals surface area contributed by atoms with Crippen molar-refractivity contribution >= 4 is 40.2 Å². The smallest absolute Gasteiger partial charge is 0.348 e. The molecule has 0 aliphatic heterocycles. The number of rotatable bonds is 8. The van der Waals surface area contributed by atoms with E-state index in [0.29, 0.717) is 11.1 Å². The highest BCUT2D eigenvalue weighted by molar-refractivity contribution is 7.18. The van der Waals surface area contributed by atoms with E-state index in [-0.39, 0.29) is 28.7 Å². The maximum atomic E-state index is 12.9. The second-order valence-corrected chi connectivity index (χ2v) is 7.11.